The van der Waals surface area contributed by atoms with E-state index in [2.05, 4.69) is 9.90 Å². The SMILES string of the molecule is Nc1c(S(=O)(=O)N=O)cc(Nc2cccc(F)c2)c2c1C(=O)c1ccccc1C2=O. The van der Waals surface area contributed by atoms with Gasteiger partial charge in [-0.2, -0.15) is 8.42 Å². The zero-order chi connectivity index (χ0) is 21.6. The first-order valence-corrected chi connectivity index (χ1v) is 9.95. The van der Waals surface area contributed by atoms with E-state index in [-0.39, 0.29) is 33.6 Å². The first-order chi connectivity index (χ1) is 14.2. The van der Waals surface area contributed by atoms with Crippen LogP contribution in [-0.2, 0) is 10.0 Å². The largest absolute Gasteiger partial charge is 0.397 e. The van der Waals surface area contributed by atoms with Crippen molar-refractivity contribution in [2.24, 2.45) is 4.58 Å². The first kappa shape index (κ1) is 19.4. The standard InChI is InChI=1S/C20H12FN3O5S/c21-10-4-3-5-11(8-10)23-14-9-15(30(28,29)24-27)18(22)17-16(14)19(25)12-6-1-2-7-13(12)20(17)26/h1-9,23H,22H2. The minimum Gasteiger partial charge on any atom is -0.397 e. The van der Waals surface area contributed by atoms with Crippen LogP contribution in [-0.4, -0.2) is 20.0 Å². The molecule has 3 N–H and O–H groups in total. The number of carbonyl (C=O) groups is 2. The molecule has 1 aliphatic rings. The van der Waals surface area contributed by atoms with Crippen LogP contribution >= 0.6 is 0 Å². The van der Waals surface area contributed by atoms with Crippen molar-refractivity contribution in [3.63, 3.8) is 0 Å². The number of nitrogens with one attached hydrogen (secondary N) is 1. The summed E-state index contributed by atoms with van der Waals surface area (Å²) in [5.74, 6) is -1.84. The smallest absolute Gasteiger partial charge is 0.319 e. The lowest BCUT2D eigenvalue weighted by Gasteiger charge is -2.23. The molecule has 0 aromatic heterocycles. The van der Waals surface area contributed by atoms with Gasteiger partial charge in [-0.15, -0.1) is 4.91 Å². The van der Waals surface area contributed by atoms with Crippen molar-refractivity contribution >= 4 is 38.7 Å². The second-order valence-electron chi connectivity index (χ2n) is 6.47. The van der Waals surface area contributed by atoms with Crippen LogP contribution in [0.1, 0.15) is 31.8 Å². The number of rotatable bonds is 4. The highest BCUT2D eigenvalue weighted by Gasteiger charge is 2.37. The van der Waals surface area contributed by atoms with E-state index in [1.807, 2.05) is 0 Å². The fourth-order valence-electron chi connectivity index (χ4n) is 3.37. The van der Waals surface area contributed by atoms with Gasteiger partial charge in [0.2, 0.25) is 0 Å². The number of hydrogen-bond acceptors (Lipinski definition) is 7. The van der Waals surface area contributed by atoms with Crippen LogP contribution in [0.5, 0.6) is 0 Å². The molecule has 0 spiro atoms. The molecular weight excluding hydrogens is 413 g/mol. The number of halogens is 1. The number of hydrogen-bond donors (Lipinski definition) is 2. The van der Waals surface area contributed by atoms with Gasteiger partial charge >= 0.3 is 10.0 Å². The van der Waals surface area contributed by atoms with Crippen molar-refractivity contribution in [2.45, 2.75) is 4.90 Å². The van der Waals surface area contributed by atoms with Gasteiger partial charge in [-0.1, -0.05) is 30.3 Å². The fourth-order valence-corrected chi connectivity index (χ4v) is 4.09. The zero-order valence-electron chi connectivity index (χ0n) is 15.0. The molecule has 10 heteroatoms. The molecule has 30 heavy (non-hydrogen) atoms. The van der Waals surface area contributed by atoms with E-state index in [9.17, 15) is 27.3 Å². The maximum atomic E-state index is 13.6. The molecule has 0 unspecified atom stereocenters. The van der Waals surface area contributed by atoms with Crippen molar-refractivity contribution in [1.82, 2.24) is 0 Å². The van der Waals surface area contributed by atoms with Gasteiger partial charge in [0.15, 0.2) is 11.6 Å². The average molecular weight is 425 g/mol. The van der Waals surface area contributed by atoms with Gasteiger partial charge in [0, 0.05) is 16.8 Å². The summed E-state index contributed by atoms with van der Waals surface area (Å²) >= 11 is 0. The van der Waals surface area contributed by atoms with E-state index in [0.29, 0.717) is 0 Å². The normalized spacial score (nSPS) is 12.8. The summed E-state index contributed by atoms with van der Waals surface area (Å²) in [6.07, 6.45) is 0. The van der Waals surface area contributed by atoms with Crippen LogP contribution in [0.4, 0.5) is 21.5 Å². The Bertz CT molecular complexity index is 1370. The highest BCUT2D eigenvalue weighted by atomic mass is 32.2. The zero-order valence-corrected chi connectivity index (χ0v) is 15.9. The Morgan fingerprint density at radius 3 is 2.13 bits per heavy atom. The summed E-state index contributed by atoms with van der Waals surface area (Å²) in [6.45, 7) is 0. The van der Waals surface area contributed by atoms with Crippen molar-refractivity contribution in [3.05, 3.63) is 87.6 Å². The Hall–Kier alpha value is -3.92. The number of sulfonamides is 1. The molecule has 0 radical (unpaired) electrons. The molecule has 3 aromatic rings. The minimum absolute atomic E-state index is 0.0482. The molecule has 0 bridgehead atoms. The van der Waals surface area contributed by atoms with E-state index in [4.69, 9.17) is 5.73 Å². The second kappa shape index (κ2) is 6.85. The Labute approximate surface area is 169 Å². The number of nitrogens with two attached hydrogens (primary N) is 1. The molecule has 0 saturated carbocycles. The summed E-state index contributed by atoms with van der Waals surface area (Å²) in [5, 5.41) is 2.74. The molecule has 1 aliphatic carbocycles. The van der Waals surface area contributed by atoms with Crippen molar-refractivity contribution in [3.8, 4) is 0 Å². The Morgan fingerprint density at radius 1 is 0.900 bits per heavy atom. The van der Waals surface area contributed by atoms with E-state index in [1.54, 1.807) is 12.1 Å². The number of nitroso groups, excluding NO2 is 1. The molecular formula is C20H12FN3O5S. The van der Waals surface area contributed by atoms with Gasteiger partial charge in [0.05, 0.1) is 27.1 Å². The van der Waals surface area contributed by atoms with Gasteiger partial charge in [0.25, 0.3) is 0 Å². The fraction of sp³-hybridized carbons (Fsp3) is 0. The molecule has 150 valence electrons. The van der Waals surface area contributed by atoms with Crippen molar-refractivity contribution < 1.29 is 22.4 Å². The molecule has 8 nitrogen and oxygen atoms in total. The van der Waals surface area contributed by atoms with Crippen LogP contribution in [0, 0.1) is 10.7 Å². The monoisotopic (exact) mass is 425 g/mol. The predicted molar refractivity (Wildman–Crippen MR) is 107 cm³/mol. The third-order valence-electron chi connectivity index (χ3n) is 4.68. The summed E-state index contributed by atoms with van der Waals surface area (Å²) in [7, 11) is -4.74. The minimum atomic E-state index is -4.74. The van der Waals surface area contributed by atoms with Gasteiger partial charge in [0.1, 0.15) is 10.7 Å². The molecule has 3 aromatic carbocycles. The third kappa shape index (κ3) is 2.94. The lowest BCUT2D eigenvalue weighted by molar-refractivity contribution is 0.0980. The molecule has 4 rings (SSSR count). The maximum Gasteiger partial charge on any atom is 0.319 e. The van der Waals surface area contributed by atoms with Crippen LogP contribution in [0.3, 0.4) is 0 Å². The number of anilines is 3. The first-order valence-electron chi connectivity index (χ1n) is 8.51. The van der Waals surface area contributed by atoms with Gasteiger partial charge in [-0.3, -0.25) is 9.59 Å². The Balaban J connectivity index is 2.05. The highest BCUT2D eigenvalue weighted by molar-refractivity contribution is 7.90. The average Bonchev–Trinajstić information content (AvgIpc) is 2.73. The second-order valence-corrected chi connectivity index (χ2v) is 8.01. The van der Waals surface area contributed by atoms with Crippen molar-refractivity contribution in [2.75, 3.05) is 11.1 Å². The number of nitrogens with zero attached hydrogens (tertiary/aromatic N) is 1. The number of carbonyl (C=O) groups excluding carboxylic acids is 2. The van der Waals surface area contributed by atoms with Crippen LogP contribution in [0.2, 0.25) is 0 Å². The lowest BCUT2D eigenvalue weighted by Crippen LogP contribution is -2.25. The maximum absolute atomic E-state index is 13.6. The van der Waals surface area contributed by atoms with E-state index < -0.39 is 38.0 Å². The van der Waals surface area contributed by atoms with E-state index in [1.165, 1.54) is 30.3 Å². The topological polar surface area (TPSA) is 136 Å². The van der Waals surface area contributed by atoms with E-state index >= 15 is 0 Å². The molecule has 0 amide bonds. The van der Waals surface area contributed by atoms with E-state index in [0.717, 1.165) is 12.1 Å². The summed E-state index contributed by atoms with van der Waals surface area (Å²) in [4.78, 5) is 36.4. The van der Waals surface area contributed by atoms with Gasteiger partial charge in [-0.05, 0) is 24.3 Å². The summed E-state index contributed by atoms with van der Waals surface area (Å²) in [6, 6.07) is 12.1. The number of benzene rings is 3. The quantitative estimate of drug-likeness (QED) is 0.378. The molecule has 0 heterocycles. The van der Waals surface area contributed by atoms with Crippen LogP contribution in [0.15, 0.2) is 64.1 Å². The summed E-state index contributed by atoms with van der Waals surface area (Å²) in [5.41, 5.74) is 5.05. The highest BCUT2D eigenvalue weighted by Crippen LogP contribution is 2.40. The molecule has 0 saturated heterocycles. The number of ketones is 2. The number of fused-ring (bicyclic) bond motifs is 2. The predicted octanol–water partition coefficient (Wildman–Crippen LogP) is 3.38. The van der Waals surface area contributed by atoms with Gasteiger partial charge < -0.3 is 11.1 Å². The van der Waals surface area contributed by atoms with Crippen molar-refractivity contribution in [1.29, 1.82) is 0 Å². The number of nitrogen functional groups attached to an aromatic ring is 1. The van der Waals surface area contributed by atoms with Crippen LogP contribution < -0.4 is 11.1 Å². The molecule has 0 atom stereocenters. The lowest BCUT2D eigenvalue weighted by atomic mass is 9.82. The van der Waals surface area contributed by atoms with Crippen LogP contribution in [0.25, 0.3) is 0 Å². The summed E-state index contributed by atoms with van der Waals surface area (Å²) < 4.78 is 40.0. The third-order valence-corrected chi connectivity index (χ3v) is 5.77. The molecule has 0 fully saturated rings. The van der Waals surface area contributed by atoms with Gasteiger partial charge in [-0.25, -0.2) is 4.39 Å². The Morgan fingerprint density at radius 2 is 1.53 bits per heavy atom. The molecule has 0 aliphatic heterocycles. The Kier molecular flexibility index (Phi) is 4.43.